The molecule has 2 nitrogen and oxygen atoms in total. The average molecular weight is 266 g/mol. The maximum absolute atomic E-state index is 6.06. The summed E-state index contributed by atoms with van der Waals surface area (Å²) in [6.07, 6.45) is 2.00. The predicted octanol–water partition coefficient (Wildman–Crippen LogP) is 4.44. The molecule has 17 heavy (non-hydrogen) atoms. The molecule has 0 heterocycles. The first-order valence-electron chi connectivity index (χ1n) is 5.07. The van der Waals surface area contributed by atoms with E-state index >= 15 is 0 Å². The van der Waals surface area contributed by atoms with E-state index in [1.54, 1.807) is 30.0 Å². The summed E-state index contributed by atoms with van der Waals surface area (Å²) in [6.45, 7) is 0. The van der Waals surface area contributed by atoms with Crippen molar-refractivity contribution in [1.29, 1.82) is 0 Å². The number of halogens is 1. The summed E-state index contributed by atoms with van der Waals surface area (Å²) in [5, 5.41) is 0.515. The first-order chi connectivity index (χ1) is 8.22. The minimum Gasteiger partial charge on any atom is -0.452 e. The fraction of sp³-hybridized carbons (Fsp3) is 0.0769. The number of nitrogens with two attached hydrogens (primary N) is 1. The van der Waals surface area contributed by atoms with Crippen molar-refractivity contribution < 1.29 is 4.74 Å². The highest BCUT2D eigenvalue weighted by Crippen LogP contribution is 2.37. The van der Waals surface area contributed by atoms with Gasteiger partial charge in [-0.25, -0.2) is 0 Å². The van der Waals surface area contributed by atoms with Crippen LogP contribution in [0.1, 0.15) is 0 Å². The number of benzene rings is 2. The second-order valence-electron chi connectivity index (χ2n) is 3.41. The third kappa shape index (κ3) is 2.68. The van der Waals surface area contributed by atoms with E-state index in [1.165, 1.54) is 0 Å². The van der Waals surface area contributed by atoms with Gasteiger partial charge in [0.2, 0.25) is 0 Å². The Balaban J connectivity index is 2.38. The largest absolute Gasteiger partial charge is 0.452 e. The van der Waals surface area contributed by atoms with Crippen molar-refractivity contribution in [2.24, 2.45) is 0 Å². The van der Waals surface area contributed by atoms with Crippen molar-refractivity contribution in [3.63, 3.8) is 0 Å². The maximum Gasteiger partial charge on any atom is 0.168 e. The predicted molar refractivity (Wildman–Crippen MR) is 74.2 cm³/mol. The Morgan fingerprint density at radius 2 is 1.88 bits per heavy atom. The van der Waals surface area contributed by atoms with Gasteiger partial charge >= 0.3 is 0 Å². The molecule has 0 aliphatic heterocycles. The van der Waals surface area contributed by atoms with Crippen LogP contribution in [0.3, 0.4) is 0 Å². The molecule has 0 saturated heterocycles. The number of thioether (sulfide) groups is 1. The highest BCUT2D eigenvalue weighted by molar-refractivity contribution is 7.98. The van der Waals surface area contributed by atoms with Crippen molar-refractivity contribution in [1.82, 2.24) is 0 Å². The Labute approximate surface area is 110 Å². The lowest BCUT2D eigenvalue weighted by Crippen LogP contribution is -1.93. The van der Waals surface area contributed by atoms with Gasteiger partial charge in [-0.15, -0.1) is 11.8 Å². The minimum atomic E-state index is 0.510. The Bertz CT molecular complexity index is 510. The van der Waals surface area contributed by atoms with Gasteiger partial charge in [-0.1, -0.05) is 29.8 Å². The molecule has 0 spiro atoms. The third-order valence-corrected chi connectivity index (χ3v) is 3.35. The number of anilines is 1. The summed E-state index contributed by atoms with van der Waals surface area (Å²) in [6, 6.07) is 13.1. The monoisotopic (exact) mass is 265 g/mol. The van der Waals surface area contributed by atoms with E-state index in [0.717, 1.165) is 10.6 Å². The van der Waals surface area contributed by atoms with Gasteiger partial charge in [0.15, 0.2) is 5.75 Å². The van der Waals surface area contributed by atoms with Crippen molar-refractivity contribution in [2.75, 3.05) is 12.0 Å². The molecule has 0 aliphatic rings. The third-order valence-electron chi connectivity index (χ3n) is 2.28. The van der Waals surface area contributed by atoms with Gasteiger partial charge in [0.25, 0.3) is 0 Å². The molecule has 0 bridgehead atoms. The fourth-order valence-electron chi connectivity index (χ4n) is 1.45. The molecule has 88 valence electrons. The van der Waals surface area contributed by atoms with Crippen molar-refractivity contribution in [2.45, 2.75) is 4.90 Å². The molecule has 4 heteroatoms. The summed E-state index contributed by atoms with van der Waals surface area (Å²) >= 11 is 7.68. The average Bonchev–Trinajstić information content (AvgIpc) is 2.34. The quantitative estimate of drug-likeness (QED) is 0.658. The molecule has 2 N–H and O–H groups in total. The summed E-state index contributed by atoms with van der Waals surface area (Å²) in [7, 11) is 0. The van der Waals surface area contributed by atoms with Crippen LogP contribution < -0.4 is 10.5 Å². The number of hydrogen-bond acceptors (Lipinski definition) is 3. The van der Waals surface area contributed by atoms with E-state index in [1.807, 2.05) is 30.5 Å². The summed E-state index contributed by atoms with van der Waals surface area (Å²) in [4.78, 5) is 1.05. The zero-order chi connectivity index (χ0) is 12.3. The molecular weight excluding hydrogens is 254 g/mol. The van der Waals surface area contributed by atoms with Gasteiger partial charge in [0.05, 0.1) is 10.7 Å². The van der Waals surface area contributed by atoms with Crippen LogP contribution in [0, 0.1) is 0 Å². The Morgan fingerprint density at radius 1 is 1.12 bits per heavy atom. The number of ether oxygens (including phenoxy) is 1. The van der Waals surface area contributed by atoms with E-state index in [0.29, 0.717) is 16.5 Å². The molecule has 2 rings (SSSR count). The van der Waals surface area contributed by atoms with Crippen molar-refractivity contribution in [3.05, 3.63) is 47.5 Å². The first kappa shape index (κ1) is 12.1. The Morgan fingerprint density at radius 3 is 2.59 bits per heavy atom. The van der Waals surface area contributed by atoms with Crippen LogP contribution >= 0.6 is 23.4 Å². The molecular formula is C13H12ClNOS. The number of para-hydroxylation sites is 2. The Hall–Kier alpha value is -1.32. The van der Waals surface area contributed by atoms with E-state index in [2.05, 4.69) is 0 Å². The molecule has 0 amide bonds. The standard InChI is InChI=1S/C13H12ClNOS/c1-17-12-8-3-2-7-11(12)16-13-9(14)5-4-6-10(13)15/h2-8H,15H2,1H3. The fourth-order valence-corrected chi connectivity index (χ4v) is 2.19. The van der Waals surface area contributed by atoms with Gasteiger partial charge in [-0.05, 0) is 30.5 Å². The Kier molecular flexibility index (Phi) is 3.82. The van der Waals surface area contributed by atoms with E-state index < -0.39 is 0 Å². The van der Waals surface area contributed by atoms with Gasteiger partial charge in [-0.3, -0.25) is 0 Å². The van der Waals surface area contributed by atoms with Crippen LogP contribution in [0.4, 0.5) is 5.69 Å². The van der Waals surface area contributed by atoms with E-state index in [4.69, 9.17) is 22.1 Å². The smallest absolute Gasteiger partial charge is 0.168 e. The van der Waals surface area contributed by atoms with E-state index in [-0.39, 0.29) is 0 Å². The number of hydrogen-bond donors (Lipinski definition) is 1. The molecule has 0 fully saturated rings. The summed E-state index contributed by atoms with van der Waals surface area (Å²) in [5.41, 5.74) is 6.38. The normalized spacial score (nSPS) is 10.2. The first-order valence-corrected chi connectivity index (χ1v) is 6.67. The highest BCUT2D eigenvalue weighted by atomic mass is 35.5. The van der Waals surface area contributed by atoms with Gasteiger partial charge in [0, 0.05) is 4.90 Å². The van der Waals surface area contributed by atoms with Crippen molar-refractivity contribution >= 4 is 29.1 Å². The molecule has 0 unspecified atom stereocenters. The molecule has 0 saturated carbocycles. The van der Waals surface area contributed by atoms with Crippen molar-refractivity contribution in [3.8, 4) is 11.5 Å². The number of nitrogen functional groups attached to an aromatic ring is 1. The van der Waals surface area contributed by atoms with E-state index in [9.17, 15) is 0 Å². The molecule has 0 aromatic heterocycles. The van der Waals surface area contributed by atoms with Gasteiger partial charge < -0.3 is 10.5 Å². The molecule has 0 aliphatic carbocycles. The van der Waals surface area contributed by atoms with Gasteiger partial charge in [0.1, 0.15) is 5.75 Å². The lowest BCUT2D eigenvalue weighted by atomic mass is 10.3. The van der Waals surface area contributed by atoms with Crippen LogP contribution in [-0.2, 0) is 0 Å². The second-order valence-corrected chi connectivity index (χ2v) is 4.67. The molecule has 0 radical (unpaired) electrons. The topological polar surface area (TPSA) is 35.2 Å². The van der Waals surface area contributed by atoms with Crippen LogP contribution in [0.2, 0.25) is 5.02 Å². The molecule has 2 aromatic rings. The van der Waals surface area contributed by atoms with Gasteiger partial charge in [-0.2, -0.15) is 0 Å². The zero-order valence-corrected chi connectivity index (χ0v) is 10.9. The maximum atomic E-state index is 6.06. The lowest BCUT2D eigenvalue weighted by Gasteiger charge is -2.12. The zero-order valence-electron chi connectivity index (χ0n) is 9.31. The van der Waals surface area contributed by atoms with Crippen LogP contribution in [-0.4, -0.2) is 6.26 Å². The molecule has 0 atom stereocenters. The molecule has 2 aromatic carbocycles. The number of rotatable bonds is 3. The highest BCUT2D eigenvalue weighted by Gasteiger charge is 2.09. The lowest BCUT2D eigenvalue weighted by molar-refractivity contribution is 0.474. The minimum absolute atomic E-state index is 0.510. The van der Waals surface area contributed by atoms with Crippen LogP contribution in [0.5, 0.6) is 11.5 Å². The van der Waals surface area contributed by atoms with Crippen LogP contribution in [0.25, 0.3) is 0 Å². The SMILES string of the molecule is CSc1ccccc1Oc1c(N)cccc1Cl. The summed E-state index contributed by atoms with van der Waals surface area (Å²) in [5.74, 6) is 1.27. The summed E-state index contributed by atoms with van der Waals surface area (Å²) < 4.78 is 5.78. The second kappa shape index (κ2) is 5.34. The van der Waals surface area contributed by atoms with Crippen LogP contribution in [0.15, 0.2) is 47.4 Å².